The zero-order valence-electron chi connectivity index (χ0n) is 11.1. The van der Waals surface area contributed by atoms with Gasteiger partial charge in [0.2, 0.25) is 0 Å². The zero-order chi connectivity index (χ0) is 13.7. The Morgan fingerprint density at radius 1 is 1.42 bits per heavy atom. The molecule has 0 aliphatic rings. The molecule has 0 spiro atoms. The van der Waals surface area contributed by atoms with Crippen molar-refractivity contribution in [1.82, 2.24) is 20.1 Å². The summed E-state index contributed by atoms with van der Waals surface area (Å²) in [4.78, 5) is 12.8. The Kier molecular flexibility index (Phi) is 4.81. The van der Waals surface area contributed by atoms with Gasteiger partial charge in [0.1, 0.15) is 0 Å². The van der Waals surface area contributed by atoms with Crippen molar-refractivity contribution < 1.29 is 0 Å². The summed E-state index contributed by atoms with van der Waals surface area (Å²) in [6, 6.07) is 8.14. The molecule has 0 amide bonds. The van der Waals surface area contributed by atoms with Crippen molar-refractivity contribution in [1.29, 1.82) is 0 Å². The van der Waals surface area contributed by atoms with Crippen molar-refractivity contribution in [3.63, 3.8) is 0 Å². The average molecular weight is 278 g/mol. The van der Waals surface area contributed by atoms with Gasteiger partial charge in [0, 0.05) is 18.0 Å². The minimum Gasteiger partial charge on any atom is -0.316 e. The lowest BCUT2D eigenvalue weighted by atomic mass is 10.2. The van der Waals surface area contributed by atoms with Gasteiger partial charge in [0.15, 0.2) is 5.16 Å². The molecule has 19 heavy (non-hydrogen) atoms. The summed E-state index contributed by atoms with van der Waals surface area (Å²) >= 11 is 1.52. The Bertz CT molecular complexity index is 590. The summed E-state index contributed by atoms with van der Waals surface area (Å²) in [6.07, 6.45) is 0.908. The smallest absolute Gasteiger partial charge is 0.316 e. The first-order valence-electron chi connectivity index (χ1n) is 6.31. The molecule has 0 aliphatic heterocycles. The van der Waals surface area contributed by atoms with Crippen LogP contribution in [-0.4, -0.2) is 21.8 Å². The second-order valence-electron chi connectivity index (χ2n) is 4.20. The molecule has 0 radical (unpaired) electrons. The lowest BCUT2D eigenvalue weighted by molar-refractivity contribution is 0.603. The van der Waals surface area contributed by atoms with E-state index in [-0.39, 0.29) is 5.69 Å². The first-order valence-corrected chi connectivity index (χ1v) is 7.13. The molecule has 5 nitrogen and oxygen atoms in total. The predicted molar refractivity (Wildman–Crippen MR) is 76.5 cm³/mol. The first-order chi connectivity index (χ1) is 9.26. The highest BCUT2D eigenvalue weighted by Gasteiger charge is 2.11. The quantitative estimate of drug-likeness (QED) is 0.846. The standard InChI is InChI=1S/C13H18N4OS/c1-3-8-17-12(18)15-16-13(17)19-11-7-5-4-6-10(11)9-14-2/h4-7,14H,3,8-9H2,1-2H3,(H,15,18). The molecular formula is C13H18N4OS. The number of aromatic nitrogens is 3. The molecule has 2 N–H and O–H groups in total. The molecule has 0 unspecified atom stereocenters. The largest absolute Gasteiger partial charge is 0.343 e. The minimum atomic E-state index is -0.143. The summed E-state index contributed by atoms with van der Waals surface area (Å²) in [5, 5.41) is 10.5. The van der Waals surface area contributed by atoms with Gasteiger partial charge < -0.3 is 5.32 Å². The highest BCUT2D eigenvalue weighted by Crippen LogP contribution is 2.28. The highest BCUT2D eigenvalue weighted by molar-refractivity contribution is 7.99. The van der Waals surface area contributed by atoms with Gasteiger partial charge in [0.05, 0.1) is 0 Å². The lowest BCUT2D eigenvalue weighted by Gasteiger charge is -2.08. The lowest BCUT2D eigenvalue weighted by Crippen LogP contribution is -2.17. The molecule has 1 aromatic carbocycles. The molecule has 0 saturated heterocycles. The van der Waals surface area contributed by atoms with Crippen LogP contribution < -0.4 is 11.0 Å². The molecule has 2 rings (SSSR count). The van der Waals surface area contributed by atoms with Gasteiger partial charge in [-0.1, -0.05) is 25.1 Å². The Morgan fingerprint density at radius 3 is 2.95 bits per heavy atom. The summed E-state index contributed by atoms with van der Waals surface area (Å²) in [5.41, 5.74) is 1.06. The fourth-order valence-corrected chi connectivity index (χ4v) is 2.83. The van der Waals surface area contributed by atoms with Crippen LogP contribution in [0.1, 0.15) is 18.9 Å². The molecule has 102 valence electrons. The molecule has 0 saturated carbocycles. The Balaban J connectivity index is 2.28. The molecule has 1 aromatic heterocycles. The number of benzene rings is 1. The molecular weight excluding hydrogens is 260 g/mol. The topological polar surface area (TPSA) is 62.7 Å². The number of hydrogen-bond acceptors (Lipinski definition) is 4. The SMILES string of the molecule is CCCn1c(Sc2ccccc2CNC)n[nH]c1=O. The predicted octanol–water partition coefficient (Wildman–Crippen LogP) is 1.85. The summed E-state index contributed by atoms with van der Waals surface area (Å²) in [7, 11) is 1.92. The van der Waals surface area contributed by atoms with Crippen LogP contribution in [-0.2, 0) is 13.1 Å². The maximum atomic E-state index is 11.7. The van der Waals surface area contributed by atoms with Crippen LogP contribution in [0.4, 0.5) is 0 Å². The number of nitrogens with one attached hydrogen (secondary N) is 2. The third-order valence-corrected chi connectivity index (χ3v) is 3.82. The van der Waals surface area contributed by atoms with Gasteiger partial charge in [0.25, 0.3) is 0 Å². The average Bonchev–Trinajstić information content (AvgIpc) is 2.75. The van der Waals surface area contributed by atoms with Gasteiger partial charge in [-0.05, 0) is 36.9 Å². The monoisotopic (exact) mass is 278 g/mol. The van der Waals surface area contributed by atoms with Gasteiger partial charge >= 0.3 is 5.69 Å². The van der Waals surface area contributed by atoms with Gasteiger partial charge in [-0.3, -0.25) is 4.57 Å². The summed E-state index contributed by atoms with van der Waals surface area (Å²) in [6.45, 7) is 3.53. The fraction of sp³-hybridized carbons (Fsp3) is 0.385. The normalized spacial score (nSPS) is 10.8. The number of H-pyrrole nitrogens is 1. The number of hydrogen-bond donors (Lipinski definition) is 2. The van der Waals surface area contributed by atoms with Crippen LogP contribution in [0.2, 0.25) is 0 Å². The molecule has 0 aliphatic carbocycles. The fourth-order valence-electron chi connectivity index (χ4n) is 1.84. The van der Waals surface area contributed by atoms with E-state index in [0.29, 0.717) is 6.54 Å². The van der Waals surface area contributed by atoms with Crippen molar-refractivity contribution >= 4 is 11.8 Å². The van der Waals surface area contributed by atoms with E-state index in [4.69, 9.17) is 0 Å². The maximum Gasteiger partial charge on any atom is 0.343 e. The molecule has 0 fully saturated rings. The van der Waals surface area contributed by atoms with E-state index in [1.54, 1.807) is 4.57 Å². The van der Waals surface area contributed by atoms with Crippen molar-refractivity contribution in [2.75, 3.05) is 7.05 Å². The number of rotatable bonds is 6. The maximum absolute atomic E-state index is 11.7. The van der Waals surface area contributed by atoms with Crippen molar-refractivity contribution in [2.45, 2.75) is 36.5 Å². The van der Waals surface area contributed by atoms with Gasteiger partial charge in [-0.25, -0.2) is 9.89 Å². The Labute approximate surface area is 116 Å². The molecule has 2 aromatic rings. The molecule has 0 atom stereocenters. The zero-order valence-corrected chi connectivity index (χ0v) is 12.0. The van der Waals surface area contributed by atoms with E-state index in [1.807, 2.05) is 32.2 Å². The van der Waals surface area contributed by atoms with E-state index < -0.39 is 0 Å². The van der Waals surface area contributed by atoms with Crippen molar-refractivity contribution in [3.05, 3.63) is 40.3 Å². The minimum absolute atomic E-state index is 0.143. The summed E-state index contributed by atoms with van der Waals surface area (Å²) < 4.78 is 1.68. The number of aromatic amines is 1. The Hall–Kier alpha value is -1.53. The second kappa shape index (κ2) is 6.58. The van der Waals surface area contributed by atoms with Crippen LogP contribution in [0.5, 0.6) is 0 Å². The third-order valence-electron chi connectivity index (χ3n) is 2.71. The second-order valence-corrected chi connectivity index (χ2v) is 5.21. The van der Waals surface area contributed by atoms with E-state index in [9.17, 15) is 4.79 Å². The van der Waals surface area contributed by atoms with Crippen molar-refractivity contribution in [2.24, 2.45) is 0 Å². The Morgan fingerprint density at radius 2 is 2.21 bits per heavy atom. The van der Waals surface area contributed by atoms with Crippen LogP contribution in [0.25, 0.3) is 0 Å². The molecule has 0 bridgehead atoms. The van der Waals surface area contributed by atoms with Crippen LogP contribution >= 0.6 is 11.8 Å². The molecule has 6 heteroatoms. The van der Waals surface area contributed by atoms with Gasteiger partial charge in [-0.15, -0.1) is 5.10 Å². The van der Waals surface area contributed by atoms with Crippen LogP contribution in [0.3, 0.4) is 0 Å². The van der Waals surface area contributed by atoms with E-state index in [1.165, 1.54) is 17.3 Å². The van der Waals surface area contributed by atoms with Crippen LogP contribution in [0, 0.1) is 0 Å². The van der Waals surface area contributed by atoms with E-state index >= 15 is 0 Å². The van der Waals surface area contributed by atoms with E-state index in [0.717, 1.165) is 23.0 Å². The number of nitrogens with zero attached hydrogens (tertiary/aromatic N) is 2. The van der Waals surface area contributed by atoms with Gasteiger partial charge in [-0.2, -0.15) is 0 Å². The van der Waals surface area contributed by atoms with Crippen molar-refractivity contribution in [3.8, 4) is 0 Å². The van der Waals surface area contributed by atoms with E-state index in [2.05, 4.69) is 21.6 Å². The van der Waals surface area contributed by atoms with Crippen LogP contribution in [0.15, 0.2) is 39.1 Å². The first kappa shape index (κ1) is 13.9. The summed E-state index contributed by atoms with van der Waals surface area (Å²) in [5.74, 6) is 0. The highest BCUT2D eigenvalue weighted by atomic mass is 32.2. The molecule has 1 heterocycles. The third kappa shape index (κ3) is 3.27.